The molecule has 1 aromatic carbocycles. The maximum atomic E-state index is 13.2. The van der Waals surface area contributed by atoms with E-state index in [1.807, 2.05) is 0 Å². The van der Waals surface area contributed by atoms with Crippen LogP contribution in [0.3, 0.4) is 0 Å². The third-order valence-electron chi connectivity index (χ3n) is 5.06. The number of carbonyl (C=O) groups is 1. The van der Waals surface area contributed by atoms with E-state index in [4.69, 9.17) is 18.0 Å². The lowest BCUT2D eigenvalue weighted by atomic mass is 9.93. The second-order valence-electron chi connectivity index (χ2n) is 6.96. The van der Waals surface area contributed by atoms with E-state index in [1.165, 1.54) is 18.6 Å². The lowest BCUT2D eigenvalue weighted by Gasteiger charge is -2.33. The van der Waals surface area contributed by atoms with Gasteiger partial charge >= 0.3 is 0 Å². The molecule has 27 heavy (non-hydrogen) atoms. The first-order valence-corrected chi connectivity index (χ1v) is 9.61. The highest BCUT2D eigenvalue weighted by molar-refractivity contribution is 6.33. The zero-order valence-electron chi connectivity index (χ0n) is 15.4. The van der Waals surface area contributed by atoms with Crippen molar-refractivity contribution in [3.63, 3.8) is 0 Å². The number of benzene rings is 1. The third-order valence-corrected chi connectivity index (χ3v) is 5.45. The van der Waals surface area contributed by atoms with Gasteiger partial charge in [-0.2, -0.15) is 5.10 Å². The molecule has 0 unspecified atom stereocenters. The van der Waals surface area contributed by atoms with Crippen LogP contribution in [0, 0.1) is 25.1 Å². The Morgan fingerprint density at radius 1 is 1.33 bits per heavy atom. The van der Waals surface area contributed by atoms with E-state index in [0.29, 0.717) is 23.0 Å². The number of aromatic nitrogens is 2. The molecule has 0 saturated heterocycles. The molecule has 0 aliphatic heterocycles. The number of amides is 1. The van der Waals surface area contributed by atoms with Crippen LogP contribution in [-0.4, -0.2) is 33.2 Å². The van der Waals surface area contributed by atoms with Gasteiger partial charge in [-0.3, -0.25) is 4.79 Å². The number of aryl methyl sites for hydroxylation is 1. The highest BCUT2D eigenvalue weighted by Crippen LogP contribution is 2.27. The molecule has 0 spiro atoms. The SMILES string of the molecule is C#CCN(C(=O)c1c(C)nn(Cc2ccc(F)cc2)c1Cl)C1CCCCC1. The normalized spacial score (nSPS) is 14.7. The molecule has 4 nitrogen and oxygen atoms in total. The maximum Gasteiger partial charge on any atom is 0.259 e. The van der Waals surface area contributed by atoms with Crippen molar-refractivity contribution in [1.82, 2.24) is 14.7 Å². The van der Waals surface area contributed by atoms with Gasteiger partial charge in [0.1, 0.15) is 11.0 Å². The van der Waals surface area contributed by atoms with Gasteiger partial charge in [0.25, 0.3) is 5.91 Å². The van der Waals surface area contributed by atoms with Crippen molar-refractivity contribution in [3.8, 4) is 12.3 Å². The first-order valence-electron chi connectivity index (χ1n) is 9.23. The summed E-state index contributed by atoms with van der Waals surface area (Å²) < 4.78 is 14.7. The van der Waals surface area contributed by atoms with Crippen LogP contribution in [0.5, 0.6) is 0 Å². The van der Waals surface area contributed by atoms with Crippen molar-refractivity contribution in [2.24, 2.45) is 0 Å². The monoisotopic (exact) mass is 387 g/mol. The first-order chi connectivity index (χ1) is 13.0. The average molecular weight is 388 g/mol. The molecule has 1 aromatic heterocycles. The minimum atomic E-state index is -0.297. The molecule has 142 valence electrons. The fourth-order valence-corrected chi connectivity index (χ4v) is 3.98. The number of carbonyl (C=O) groups excluding carboxylic acids is 1. The number of terminal acetylenes is 1. The number of halogens is 2. The van der Waals surface area contributed by atoms with E-state index in [1.54, 1.807) is 28.6 Å². The van der Waals surface area contributed by atoms with Gasteiger partial charge in [0.05, 0.1) is 24.3 Å². The van der Waals surface area contributed by atoms with Gasteiger partial charge in [0, 0.05) is 6.04 Å². The number of nitrogens with zero attached hydrogens (tertiary/aromatic N) is 3. The molecule has 1 saturated carbocycles. The minimum Gasteiger partial charge on any atom is -0.324 e. The van der Waals surface area contributed by atoms with Gasteiger partial charge in [0.2, 0.25) is 0 Å². The Morgan fingerprint density at radius 2 is 2.00 bits per heavy atom. The second kappa shape index (κ2) is 8.58. The van der Waals surface area contributed by atoms with E-state index in [-0.39, 0.29) is 24.3 Å². The van der Waals surface area contributed by atoms with Gasteiger partial charge in [-0.15, -0.1) is 6.42 Å². The highest BCUT2D eigenvalue weighted by Gasteiger charge is 2.30. The zero-order valence-corrected chi connectivity index (χ0v) is 16.2. The van der Waals surface area contributed by atoms with Gasteiger partial charge in [-0.25, -0.2) is 9.07 Å². The lowest BCUT2D eigenvalue weighted by molar-refractivity contribution is 0.0667. The minimum absolute atomic E-state index is 0.151. The summed E-state index contributed by atoms with van der Waals surface area (Å²) in [6.45, 7) is 2.41. The van der Waals surface area contributed by atoms with Gasteiger partial charge in [-0.05, 0) is 37.5 Å². The average Bonchev–Trinajstić information content (AvgIpc) is 2.95. The molecule has 1 fully saturated rings. The van der Waals surface area contributed by atoms with Gasteiger partial charge in [-0.1, -0.05) is 48.9 Å². The Kier molecular flexibility index (Phi) is 6.18. The van der Waals surface area contributed by atoms with Crippen molar-refractivity contribution >= 4 is 17.5 Å². The van der Waals surface area contributed by atoms with Crippen molar-refractivity contribution in [1.29, 1.82) is 0 Å². The van der Waals surface area contributed by atoms with Crippen LogP contribution in [0.2, 0.25) is 5.15 Å². The predicted molar refractivity (Wildman–Crippen MR) is 104 cm³/mol. The molecule has 0 bridgehead atoms. The van der Waals surface area contributed by atoms with Crippen LogP contribution < -0.4 is 0 Å². The quantitative estimate of drug-likeness (QED) is 0.711. The summed E-state index contributed by atoms with van der Waals surface area (Å²) in [5.74, 6) is 2.15. The molecule has 6 heteroatoms. The number of hydrogen-bond donors (Lipinski definition) is 0. The lowest BCUT2D eigenvalue weighted by Crippen LogP contribution is -2.42. The zero-order chi connectivity index (χ0) is 19.4. The van der Waals surface area contributed by atoms with E-state index in [9.17, 15) is 9.18 Å². The van der Waals surface area contributed by atoms with Crippen LogP contribution in [0.25, 0.3) is 0 Å². The Labute approximate surface area is 164 Å². The fraction of sp³-hybridized carbons (Fsp3) is 0.429. The summed E-state index contributed by atoms with van der Waals surface area (Å²) in [6, 6.07) is 6.29. The van der Waals surface area contributed by atoms with E-state index in [2.05, 4.69) is 11.0 Å². The Morgan fingerprint density at radius 3 is 2.63 bits per heavy atom. The van der Waals surface area contributed by atoms with Crippen LogP contribution in [0.1, 0.15) is 53.7 Å². The van der Waals surface area contributed by atoms with Crippen molar-refractivity contribution in [2.75, 3.05) is 6.54 Å². The summed E-state index contributed by atoms with van der Waals surface area (Å²) in [5.41, 5.74) is 1.83. The second-order valence-corrected chi connectivity index (χ2v) is 7.32. The number of hydrogen-bond acceptors (Lipinski definition) is 2. The van der Waals surface area contributed by atoms with E-state index >= 15 is 0 Å². The summed E-state index contributed by atoms with van der Waals surface area (Å²) in [4.78, 5) is 15.0. The standard InChI is InChI=1S/C21H23ClFN3O/c1-3-13-25(18-7-5-4-6-8-18)21(27)19-15(2)24-26(20(19)22)14-16-9-11-17(23)12-10-16/h1,9-12,18H,4-8,13-14H2,2H3. The molecule has 1 aliphatic carbocycles. The summed E-state index contributed by atoms with van der Waals surface area (Å²) in [6.07, 6.45) is 10.9. The van der Waals surface area contributed by atoms with Crippen LogP contribution in [0.15, 0.2) is 24.3 Å². The van der Waals surface area contributed by atoms with Crippen molar-refractivity contribution < 1.29 is 9.18 Å². The van der Waals surface area contributed by atoms with E-state index < -0.39 is 0 Å². The number of rotatable bonds is 5. The fourth-order valence-electron chi connectivity index (χ4n) is 3.67. The Balaban J connectivity index is 1.86. The highest BCUT2D eigenvalue weighted by atomic mass is 35.5. The van der Waals surface area contributed by atoms with Gasteiger partial charge in [0.15, 0.2) is 0 Å². The molecule has 0 radical (unpaired) electrons. The van der Waals surface area contributed by atoms with Crippen LogP contribution >= 0.6 is 11.6 Å². The molecule has 0 atom stereocenters. The van der Waals surface area contributed by atoms with Gasteiger partial charge < -0.3 is 4.90 Å². The van der Waals surface area contributed by atoms with Crippen molar-refractivity contribution in [3.05, 3.63) is 52.1 Å². The third kappa shape index (κ3) is 4.33. The van der Waals surface area contributed by atoms with Crippen LogP contribution in [0.4, 0.5) is 4.39 Å². The Bertz CT molecular complexity index is 848. The molecular weight excluding hydrogens is 365 g/mol. The molecule has 3 rings (SSSR count). The molecule has 1 amide bonds. The predicted octanol–water partition coefficient (Wildman–Crippen LogP) is 4.44. The molecule has 0 N–H and O–H groups in total. The molecule has 1 aliphatic rings. The molecular formula is C21H23ClFN3O. The summed E-state index contributed by atoms with van der Waals surface area (Å²) in [7, 11) is 0. The maximum absolute atomic E-state index is 13.2. The summed E-state index contributed by atoms with van der Waals surface area (Å²) >= 11 is 6.52. The largest absolute Gasteiger partial charge is 0.324 e. The smallest absolute Gasteiger partial charge is 0.259 e. The molecule has 2 aromatic rings. The topological polar surface area (TPSA) is 38.1 Å². The van der Waals surface area contributed by atoms with Crippen molar-refractivity contribution in [2.45, 2.75) is 51.6 Å². The van der Waals surface area contributed by atoms with Crippen LogP contribution in [-0.2, 0) is 6.54 Å². The molecule has 1 heterocycles. The Hall–Kier alpha value is -2.32. The summed E-state index contributed by atoms with van der Waals surface area (Å²) in [5, 5.41) is 4.72. The van der Waals surface area contributed by atoms with E-state index in [0.717, 1.165) is 31.2 Å². The first kappa shape index (κ1) is 19.4.